The molecule has 4 rings (SSSR count). The van der Waals surface area contributed by atoms with Crippen LogP contribution in [0.2, 0.25) is 5.02 Å². The maximum Gasteiger partial charge on any atom is 0.0945 e. The monoisotopic (exact) mass is 413 g/mol. The Morgan fingerprint density at radius 3 is 2.64 bits per heavy atom. The van der Waals surface area contributed by atoms with Crippen molar-refractivity contribution in [1.29, 1.82) is 0 Å². The largest absolute Gasteiger partial charge is 1.00 e. The van der Waals surface area contributed by atoms with Crippen molar-refractivity contribution in [3.05, 3.63) is 89.6 Å². The van der Waals surface area contributed by atoms with Crippen molar-refractivity contribution in [3.63, 3.8) is 0 Å². The van der Waals surface area contributed by atoms with Crippen LogP contribution in [0.5, 0.6) is 0 Å². The van der Waals surface area contributed by atoms with Crippen molar-refractivity contribution in [1.82, 2.24) is 19.4 Å². The molecule has 0 unspecified atom stereocenters. The van der Waals surface area contributed by atoms with Crippen LogP contribution >= 0.6 is 11.6 Å². The maximum atomic E-state index is 6.36. The van der Waals surface area contributed by atoms with Gasteiger partial charge in [0.15, 0.2) is 0 Å². The molecule has 4 aromatic rings. The number of nitrogens with one attached hydrogen (secondary N) is 1. The van der Waals surface area contributed by atoms with Crippen molar-refractivity contribution in [2.24, 2.45) is 0 Å². The van der Waals surface area contributed by atoms with Crippen LogP contribution in [-0.4, -0.2) is 20.7 Å². The summed E-state index contributed by atoms with van der Waals surface area (Å²) in [5.41, 5.74) is 3.70. The summed E-state index contributed by atoms with van der Waals surface area (Å²) in [7, 11) is 0. The standard InChI is InChI=1S/C22H23ClN4.ClH/c23-21-8-3-1-6-18(21)15-27-16-19(20-7-2-4-9-22(20)27)14-24-10-5-12-26-13-11-25-17-26;/h1-4,6-9,11,13,16-17,24H,5,10,12,14-15H2;1H/p-1. The first-order valence-electron chi connectivity index (χ1n) is 9.28. The predicted octanol–water partition coefficient (Wildman–Crippen LogP) is 1.72. The third-order valence-electron chi connectivity index (χ3n) is 4.81. The molecule has 2 heterocycles. The first-order chi connectivity index (χ1) is 13.3. The summed E-state index contributed by atoms with van der Waals surface area (Å²) in [5, 5.41) is 5.68. The predicted molar refractivity (Wildman–Crippen MR) is 111 cm³/mol. The minimum Gasteiger partial charge on any atom is -1.00 e. The molecule has 0 atom stereocenters. The van der Waals surface area contributed by atoms with E-state index >= 15 is 0 Å². The minimum atomic E-state index is 0. The van der Waals surface area contributed by atoms with Crippen LogP contribution in [0.1, 0.15) is 17.5 Å². The van der Waals surface area contributed by atoms with E-state index in [1.54, 1.807) is 0 Å². The molecular formula is C22H23Cl2N4-. The average molecular weight is 414 g/mol. The van der Waals surface area contributed by atoms with E-state index in [4.69, 9.17) is 11.6 Å². The fourth-order valence-electron chi connectivity index (χ4n) is 3.43. The first kappa shape index (κ1) is 20.5. The van der Waals surface area contributed by atoms with Gasteiger partial charge in [-0.25, -0.2) is 4.98 Å². The molecule has 28 heavy (non-hydrogen) atoms. The Bertz CT molecular complexity index is 1010. The van der Waals surface area contributed by atoms with Crippen molar-refractivity contribution >= 4 is 22.5 Å². The molecule has 6 heteroatoms. The van der Waals surface area contributed by atoms with Crippen LogP contribution in [0.15, 0.2) is 73.4 Å². The molecule has 1 N–H and O–H groups in total. The molecule has 4 nitrogen and oxygen atoms in total. The van der Waals surface area contributed by atoms with Crippen molar-refractivity contribution in [2.45, 2.75) is 26.1 Å². The SMILES string of the molecule is Clc1ccccc1Cn1cc(CNCCCn2ccnc2)c2ccccc21.[Cl-]. The lowest BCUT2D eigenvalue weighted by Gasteiger charge is -2.07. The Kier molecular flexibility index (Phi) is 7.15. The van der Waals surface area contributed by atoms with Crippen LogP contribution in [-0.2, 0) is 19.6 Å². The molecule has 0 bridgehead atoms. The van der Waals surface area contributed by atoms with E-state index in [0.717, 1.165) is 43.2 Å². The van der Waals surface area contributed by atoms with Crippen molar-refractivity contribution in [2.75, 3.05) is 6.54 Å². The zero-order chi connectivity index (χ0) is 18.5. The number of fused-ring (bicyclic) bond motifs is 1. The maximum absolute atomic E-state index is 6.36. The van der Waals surface area contributed by atoms with Crippen LogP contribution in [0.4, 0.5) is 0 Å². The summed E-state index contributed by atoms with van der Waals surface area (Å²) in [6.07, 6.45) is 9.01. The molecular weight excluding hydrogens is 391 g/mol. The number of imidazole rings is 1. The number of benzene rings is 2. The van der Waals surface area contributed by atoms with E-state index < -0.39 is 0 Å². The number of rotatable bonds is 8. The molecule has 0 fully saturated rings. The third kappa shape index (κ3) is 4.76. The lowest BCUT2D eigenvalue weighted by molar-refractivity contribution is -0.00000538. The number of nitrogens with zero attached hydrogens (tertiary/aromatic N) is 3. The second-order valence-corrected chi connectivity index (χ2v) is 7.13. The second kappa shape index (κ2) is 9.78. The fraction of sp³-hybridized carbons (Fsp3) is 0.227. The molecule has 0 saturated carbocycles. The Morgan fingerprint density at radius 2 is 1.82 bits per heavy atom. The van der Waals surface area contributed by atoms with E-state index in [1.165, 1.54) is 16.5 Å². The van der Waals surface area contributed by atoms with Crippen LogP contribution in [0.3, 0.4) is 0 Å². The van der Waals surface area contributed by atoms with E-state index in [1.807, 2.05) is 36.9 Å². The first-order valence-corrected chi connectivity index (χ1v) is 9.65. The van der Waals surface area contributed by atoms with E-state index in [0.29, 0.717) is 0 Å². The smallest absolute Gasteiger partial charge is 0.0945 e. The van der Waals surface area contributed by atoms with Gasteiger partial charge in [-0.2, -0.15) is 0 Å². The van der Waals surface area contributed by atoms with Crippen LogP contribution in [0.25, 0.3) is 10.9 Å². The van der Waals surface area contributed by atoms with E-state index in [-0.39, 0.29) is 12.4 Å². The van der Waals surface area contributed by atoms with Gasteiger partial charge in [0.25, 0.3) is 0 Å². The van der Waals surface area contributed by atoms with Crippen LogP contribution < -0.4 is 17.7 Å². The summed E-state index contributed by atoms with van der Waals surface area (Å²) in [5.74, 6) is 0. The molecule has 0 aliphatic heterocycles. The summed E-state index contributed by atoms with van der Waals surface area (Å²) in [6, 6.07) is 16.6. The Hall–Kier alpha value is -2.27. The quantitative estimate of drug-likeness (QED) is 0.446. The molecule has 0 aliphatic rings. The zero-order valence-corrected chi connectivity index (χ0v) is 17.1. The van der Waals surface area contributed by atoms with Gasteiger partial charge in [0.2, 0.25) is 0 Å². The number of aryl methyl sites for hydroxylation is 1. The summed E-state index contributed by atoms with van der Waals surface area (Å²) >= 11 is 6.36. The second-order valence-electron chi connectivity index (χ2n) is 6.72. The van der Waals surface area contributed by atoms with Crippen LogP contribution in [0, 0.1) is 0 Å². The number of para-hydroxylation sites is 1. The highest BCUT2D eigenvalue weighted by molar-refractivity contribution is 6.31. The molecule has 0 spiro atoms. The number of halogens is 2. The summed E-state index contributed by atoms with van der Waals surface area (Å²) < 4.78 is 4.40. The number of hydrogen-bond donors (Lipinski definition) is 1. The topological polar surface area (TPSA) is 34.8 Å². The van der Waals surface area contributed by atoms with Gasteiger partial charge in [0.1, 0.15) is 0 Å². The Labute approximate surface area is 176 Å². The van der Waals surface area contributed by atoms with Gasteiger partial charge in [-0.3, -0.25) is 0 Å². The molecule has 146 valence electrons. The Morgan fingerprint density at radius 1 is 1.00 bits per heavy atom. The normalized spacial score (nSPS) is 10.9. The van der Waals surface area contributed by atoms with Crippen molar-refractivity contribution < 1.29 is 12.4 Å². The minimum absolute atomic E-state index is 0. The Balaban J connectivity index is 0.00000225. The van der Waals surface area contributed by atoms with Gasteiger partial charge < -0.3 is 26.9 Å². The average Bonchev–Trinajstić information content (AvgIpc) is 3.32. The lowest BCUT2D eigenvalue weighted by atomic mass is 10.2. The molecule has 2 aromatic heterocycles. The van der Waals surface area contributed by atoms with Gasteiger partial charge in [0, 0.05) is 54.2 Å². The molecule has 0 radical (unpaired) electrons. The highest BCUT2D eigenvalue weighted by Crippen LogP contribution is 2.24. The molecule has 0 amide bonds. The van der Waals surface area contributed by atoms with Gasteiger partial charge >= 0.3 is 0 Å². The molecule has 2 aromatic carbocycles. The zero-order valence-electron chi connectivity index (χ0n) is 15.6. The lowest BCUT2D eigenvalue weighted by Crippen LogP contribution is -3.00. The third-order valence-corrected chi connectivity index (χ3v) is 5.18. The summed E-state index contributed by atoms with van der Waals surface area (Å²) in [6.45, 7) is 3.60. The van der Waals surface area contributed by atoms with Gasteiger partial charge in [0.05, 0.1) is 6.33 Å². The van der Waals surface area contributed by atoms with Gasteiger partial charge in [-0.15, -0.1) is 0 Å². The number of aromatic nitrogens is 3. The molecule has 0 aliphatic carbocycles. The number of hydrogen-bond acceptors (Lipinski definition) is 2. The molecule has 0 saturated heterocycles. The van der Waals surface area contributed by atoms with Gasteiger partial charge in [-0.05, 0) is 36.2 Å². The van der Waals surface area contributed by atoms with E-state index in [2.05, 4.69) is 56.0 Å². The summed E-state index contributed by atoms with van der Waals surface area (Å²) in [4.78, 5) is 4.08. The fourth-order valence-corrected chi connectivity index (χ4v) is 3.63. The van der Waals surface area contributed by atoms with E-state index in [9.17, 15) is 0 Å². The highest BCUT2D eigenvalue weighted by atomic mass is 35.5. The highest BCUT2D eigenvalue weighted by Gasteiger charge is 2.09. The van der Waals surface area contributed by atoms with Crippen molar-refractivity contribution in [3.8, 4) is 0 Å². The van der Waals surface area contributed by atoms with Gasteiger partial charge in [-0.1, -0.05) is 48.0 Å².